The van der Waals surface area contributed by atoms with E-state index >= 15 is 0 Å². The second-order valence-electron chi connectivity index (χ2n) is 8.21. The smallest absolute Gasteiger partial charge is 0.251 e. The number of hydrazine groups is 2. The second kappa shape index (κ2) is 10.5. The predicted octanol–water partition coefficient (Wildman–Crippen LogP) is 2.48. The van der Waals surface area contributed by atoms with Crippen molar-refractivity contribution in [2.75, 3.05) is 37.9 Å². The van der Waals surface area contributed by atoms with Crippen LogP contribution in [0.15, 0.2) is 59.8 Å². The topological polar surface area (TPSA) is 111 Å². The van der Waals surface area contributed by atoms with Gasteiger partial charge in [-0.25, -0.2) is 24.3 Å². The molecule has 0 bridgehead atoms. The molecule has 0 spiro atoms. The zero-order chi connectivity index (χ0) is 24.9. The molecule has 182 valence electrons. The molecule has 9 nitrogen and oxygen atoms in total. The van der Waals surface area contributed by atoms with E-state index in [9.17, 15) is 13.6 Å². The lowest BCUT2D eigenvalue weighted by Crippen LogP contribution is -2.42. The van der Waals surface area contributed by atoms with Crippen molar-refractivity contribution in [2.24, 2.45) is 5.10 Å². The van der Waals surface area contributed by atoms with Crippen molar-refractivity contribution in [3.63, 3.8) is 0 Å². The number of rotatable bonds is 8. The number of halogens is 2. The van der Waals surface area contributed by atoms with Gasteiger partial charge in [0, 0.05) is 23.9 Å². The van der Waals surface area contributed by atoms with Gasteiger partial charge in [-0.1, -0.05) is 18.2 Å². The summed E-state index contributed by atoms with van der Waals surface area (Å²) in [5.41, 5.74) is 13.7. The number of pyridine rings is 1. The van der Waals surface area contributed by atoms with E-state index in [1.165, 1.54) is 17.1 Å². The Bertz CT molecular complexity index is 1250. The molecule has 1 aromatic heterocycles. The molecule has 0 unspecified atom stereocenters. The Balaban J connectivity index is 1.54. The number of nitrogen functional groups attached to an aromatic ring is 1. The fourth-order valence-electron chi connectivity index (χ4n) is 3.58. The lowest BCUT2D eigenvalue weighted by Gasteiger charge is -2.20. The molecule has 1 aliphatic heterocycles. The van der Waals surface area contributed by atoms with E-state index in [1.54, 1.807) is 24.4 Å². The van der Waals surface area contributed by atoms with Crippen molar-refractivity contribution in [1.82, 2.24) is 26.3 Å². The van der Waals surface area contributed by atoms with Crippen LogP contribution >= 0.6 is 0 Å². The molecule has 0 aliphatic carbocycles. The van der Waals surface area contributed by atoms with Crippen LogP contribution < -0.4 is 27.1 Å². The van der Waals surface area contributed by atoms with Crippen molar-refractivity contribution in [3.05, 3.63) is 77.5 Å². The van der Waals surface area contributed by atoms with Gasteiger partial charge in [-0.2, -0.15) is 0 Å². The van der Waals surface area contributed by atoms with Crippen LogP contribution in [-0.4, -0.2) is 48.8 Å². The minimum Gasteiger partial charge on any atom is -0.383 e. The molecule has 35 heavy (non-hydrogen) atoms. The fourth-order valence-corrected chi connectivity index (χ4v) is 3.58. The Morgan fingerprint density at radius 3 is 2.66 bits per heavy atom. The van der Waals surface area contributed by atoms with E-state index in [1.807, 2.05) is 26.2 Å². The molecule has 1 amide bonds. The Morgan fingerprint density at radius 2 is 1.91 bits per heavy atom. The molecule has 0 saturated carbocycles. The third kappa shape index (κ3) is 5.36. The highest BCUT2D eigenvalue weighted by atomic mass is 19.2. The first-order valence-electron chi connectivity index (χ1n) is 11.0. The molecular weight excluding hydrogens is 454 g/mol. The molecule has 11 heteroatoms. The van der Waals surface area contributed by atoms with E-state index in [2.05, 4.69) is 31.4 Å². The quantitative estimate of drug-likeness (QED) is 0.367. The highest BCUT2D eigenvalue weighted by molar-refractivity contribution is 6.13. The molecule has 4 rings (SSSR count). The number of nitrogens with two attached hydrogens (primary N) is 1. The molecule has 3 aromatic rings. The zero-order valence-corrected chi connectivity index (χ0v) is 19.3. The number of nitrogens with zero attached hydrogens (tertiary/aromatic N) is 4. The third-order valence-corrected chi connectivity index (χ3v) is 5.42. The summed E-state index contributed by atoms with van der Waals surface area (Å²) in [6.07, 6.45) is 2.46. The Kier molecular flexibility index (Phi) is 7.18. The second-order valence-corrected chi connectivity index (χ2v) is 8.21. The van der Waals surface area contributed by atoms with Gasteiger partial charge in [-0.3, -0.25) is 4.79 Å². The maximum atomic E-state index is 14.4. The monoisotopic (exact) mass is 480 g/mol. The Morgan fingerprint density at radius 1 is 1.14 bits per heavy atom. The summed E-state index contributed by atoms with van der Waals surface area (Å²) in [7, 11) is 3.98. The van der Waals surface area contributed by atoms with Gasteiger partial charge in [0.1, 0.15) is 11.5 Å². The highest BCUT2D eigenvalue weighted by Gasteiger charge is 2.27. The number of aromatic nitrogens is 1. The first-order valence-corrected chi connectivity index (χ1v) is 11.0. The SMILES string of the molecule is CN(C)CCCNC(=O)c1ccc(-c2cnc(N)c(C3=NNNN3c3cccc(F)c3F)c2)cc1. The van der Waals surface area contributed by atoms with Crippen LogP contribution in [0.3, 0.4) is 0 Å². The van der Waals surface area contributed by atoms with Crippen molar-refractivity contribution in [2.45, 2.75) is 6.42 Å². The minimum atomic E-state index is -1.03. The van der Waals surface area contributed by atoms with Gasteiger partial charge < -0.3 is 16.0 Å². The van der Waals surface area contributed by atoms with E-state index < -0.39 is 11.6 Å². The Labute approximate surface area is 201 Å². The number of nitrogens with one attached hydrogen (secondary N) is 3. The summed E-state index contributed by atoms with van der Waals surface area (Å²) in [6.45, 7) is 1.49. The van der Waals surface area contributed by atoms with E-state index in [0.29, 0.717) is 23.2 Å². The fraction of sp³-hybridized carbons (Fsp3) is 0.208. The van der Waals surface area contributed by atoms with E-state index in [4.69, 9.17) is 5.73 Å². The highest BCUT2D eigenvalue weighted by Crippen LogP contribution is 2.27. The molecule has 5 N–H and O–H groups in total. The summed E-state index contributed by atoms with van der Waals surface area (Å²) in [4.78, 5) is 18.7. The summed E-state index contributed by atoms with van der Waals surface area (Å²) in [5.74, 6) is -1.79. The predicted molar refractivity (Wildman–Crippen MR) is 131 cm³/mol. The maximum Gasteiger partial charge on any atom is 0.251 e. The lowest BCUT2D eigenvalue weighted by molar-refractivity contribution is 0.0952. The first kappa shape index (κ1) is 24.0. The minimum absolute atomic E-state index is 0.0699. The number of hydrogen-bond acceptors (Lipinski definition) is 8. The summed E-state index contributed by atoms with van der Waals surface area (Å²) < 4.78 is 28.2. The molecule has 2 heterocycles. The zero-order valence-electron chi connectivity index (χ0n) is 19.3. The molecule has 0 saturated heterocycles. The average Bonchev–Trinajstić information content (AvgIpc) is 3.33. The van der Waals surface area contributed by atoms with Crippen LogP contribution in [0.2, 0.25) is 0 Å². The number of carbonyl (C=O) groups excluding carboxylic acids is 1. The number of amidine groups is 1. The van der Waals surface area contributed by atoms with Gasteiger partial charge in [-0.05, 0) is 63.0 Å². The number of anilines is 2. The maximum absolute atomic E-state index is 14.4. The van der Waals surface area contributed by atoms with Gasteiger partial charge in [0.15, 0.2) is 17.5 Å². The van der Waals surface area contributed by atoms with Gasteiger partial charge >= 0.3 is 0 Å². The normalized spacial score (nSPS) is 13.1. The molecule has 0 radical (unpaired) electrons. The molecule has 0 fully saturated rings. The van der Waals surface area contributed by atoms with Crippen LogP contribution in [0.4, 0.5) is 20.3 Å². The van der Waals surface area contributed by atoms with Crippen molar-refractivity contribution < 1.29 is 13.6 Å². The van der Waals surface area contributed by atoms with Gasteiger partial charge in [-0.15, -0.1) is 10.6 Å². The molecular formula is C24H26F2N8O. The van der Waals surface area contributed by atoms with Crippen molar-refractivity contribution in [1.29, 1.82) is 0 Å². The molecule has 1 aliphatic rings. The van der Waals surface area contributed by atoms with E-state index in [-0.39, 0.29) is 23.2 Å². The van der Waals surface area contributed by atoms with Crippen LogP contribution in [0, 0.1) is 11.6 Å². The van der Waals surface area contributed by atoms with Crippen LogP contribution in [0.5, 0.6) is 0 Å². The average molecular weight is 481 g/mol. The first-order chi connectivity index (χ1) is 16.8. The summed E-state index contributed by atoms with van der Waals surface area (Å²) >= 11 is 0. The summed E-state index contributed by atoms with van der Waals surface area (Å²) in [5, 5.41) is 8.29. The van der Waals surface area contributed by atoms with Gasteiger partial charge in [0.05, 0.1) is 5.56 Å². The number of hydrogen-bond donors (Lipinski definition) is 4. The number of hydrazone groups is 1. The number of benzene rings is 2. The van der Waals surface area contributed by atoms with E-state index in [0.717, 1.165) is 24.6 Å². The third-order valence-electron chi connectivity index (χ3n) is 5.42. The molecule has 2 aromatic carbocycles. The van der Waals surface area contributed by atoms with Crippen molar-refractivity contribution >= 4 is 23.2 Å². The number of carbonyl (C=O) groups is 1. The van der Waals surface area contributed by atoms with Crippen LogP contribution in [0.1, 0.15) is 22.3 Å². The van der Waals surface area contributed by atoms with Gasteiger partial charge in [0.25, 0.3) is 5.91 Å². The largest absolute Gasteiger partial charge is 0.383 e. The standard InChI is InChI=1S/C24H26F2N8O/c1-33(2)12-4-11-28-24(35)16-9-7-15(8-10-16)17-13-18(22(27)29-14-17)23-30-31-32-34(23)20-6-3-5-19(25)21(20)26/h3,5-10,13-14,31-32H,4,11-12H2,1-2H3,(H2,27,29)(H,28,35). The van der Waals surface area contributed by atoms with Crippen LogP contribution in [-0.2, 0) is 0 Å². The summed E-state index contributed by atoms with van der Waals surface area (Å²) in [6, 6.07) is 12.7. The molecule has 0 atom stereocenters. The van der Waals surface area contributed by atoms with Crippen LogP contribution in [0.25, 0.3) is 11.1 Å². The number of amides is 1. The van der Waals surface area contributed by atoms with Gasteiger partial charge in [0.2, 0.25) is 0 Å². The Hall–Kier alpha value is -4.09. The van der Waals surface area contributed by atoms with Crippen molar-refractivity contribution in [3.8, 4) is 11.1 Å². The lowest BCUT2D eigenvalue weighted by atomic mass is 10.0.